The summed E-state index contributed by atoms with van der Waals surface area (Å²) >= 11 is 5.78. The van der Waals surface area contributed by atoms with E-state index in [2.05, 4.69) is 15.6 Å². The Bertz CT molecular complexity index is 1030. The first-order valence-corrected chi connectivity index (χ1v) is 9.43. The van der Waals surface area contributed by atoms with Gasteiger partial charge in [-0.15, -0.1) is 0 Å². The quantitative estimate of drug-likeness (QED) is 0.455. The number of hydrogen-bond acceptors (Lipinski definition) is 3. The number of para-hydroxylation sites is 1. The number of aliphatic carboxylic acids is 1. The van der Waals surface area contributed by atoms with E-state index in [1.54, 1.807) is 30.5 Å². The summed E-state index contributed by atoms with van der Waals surface area (Å²) in [6.45, 7) is 0.0900. The van der Waals surface area contributed by atoms with Crippen LogP contribution in [0, 0.1) is 0 Å². The summed E-state index contributed by atoms with van der Waals surface area (Å²) in [6, 6.07) is 12.9. The van der Waals surface area contributed by atoms with E-state index in [4.69, 9.17) is 11.6 Å². The van der Waals surface area contributed by atoms with Gasteiger partial charge < -0.3 is 20.7 Å². The number of aromatic amines is 1. The van der Waals surface area contributed by atoms with E-state index in [-0.39, 0.29) is 25.3 Å². The maximum atomic E-state index is 12.2. The topological polar surface area (TPSA) is 111 Å². The van der Waals surface area contributed by atoms with E-state index in [1.165, 1.54) is 0 Å². The van der Waals surface area contributed by atoms with Gasteiger partial charge in [-0.2, -0.15) is 0 Å². The van der Waals surface area contributed by atoms with Crippen molar-refractivity contribution in [2.24, 2.45) is 0 Å². The Morgan fingerprint density at radius 3 is 2.52 bits per heavy atom. The van der Waals surface area contributed by atoms with E-state index < -0.39 is 17.9 Å². The number of carboxylic acid groups (broad SMARTS) is 1. The van der Waals surface area contributed by atoms with Gasteiger partial charge in [0.25, 0.3) is 5.91 Å². The maximum absolute atomic E-state index is 12.2. The number of carbonyl (C=O) groups is 3. The van der Waals surface area contributed by atoms with Gasteiger partial charge in [-0.05, 0) is 35.9 Å². The zero-order chi connectivity index (χ0) is 20.8. The highest BCUT2D eigenvalue weighted by Gasteiger charge is 2.21. The molecule has 0 aliphatic heterocycles. The Balaban J connectivity index is 1.52. The lowest BCUT2D eigenvalue weighted by atomic mass is 10.0. The van der Waals surface area contributed by atoms with Gasteiger partial charge in [0, 0.05) is 47.1 Å². The van der Waals surface area contributed by atoms with E-state index in [9.17, 15) is 19.5 Å². The average molecular weight is 414 g/mol. The van der Waals surface area contributed by atoms with E-state index in [1.807, 2.05) is 24.3 Å². The third-order valence-electron chi connectivity index (χ3n) is 4.48. The predicted octanol–water partition coefficient (Wildman–Crippen LogP) is 2.75. The second-order valence-corrected chi connectivity index (χ2v) is 6.97. The lowest BCUT2D eigenvalue weighted by Crippen LogP contribution is -2.43. The lowest BCUT2D eigenvalue weighted by molar-refractivity contribution is -0.141. The van der Waals surface area contributed by atoms with Crippen LogP contribution in [-0.2, 0) is 16.0 Å². The van der Waals surface area contributed by atoms with Gasteiger partial charge in [-0.1, -0.05) is 29.8 Å². The fourth-order valence-electron chi connectivity index (χ4n) is 2.98. The zero-order valence-corrected chi connectivity index (χ0v) is 16.2. The number of hydrogen-bond donors (Lipinski definition) is 4. The molecule has 0 spiro atoms. The van der Waals surface area contributed by atoms with Gasteiger partial charge in [0.1, 0.15) is 6.04 Å². The molecule has 2 aromatic carbocycles. The Labute approximate surface area is 172 Å². The molecule has 3 rings (SSSR count). The van der Waals surface area contributed by atoms with Crippen LogP contribution < -0.4 is 10.6 Å². The number of fused-ring (bicyclic) bond motifs is 1. The van der Waals surface area contributed by atoms with Gasteiger partial charge in [0.15, 0.2) is 0 Å². The third-order valence-corrected chi connectivity index (χ3v) is 4.73. The molecule has 0 aliphatic carbocycles. The Morgan fingerprint density at radius 2 is 1.79 bits per heavy atom. The summed E-state index contributed by atoms with van der Waals surface area (Å²) in [5.41, 5.74) is 2.14. The number of carboxylic acids is 1. The number of carbonyl (C=O) groups excluding carboxylic acids is 2. The smallest absolute Gasteiger partial charge is 0.326 e. The van der Waals surface area contributed by atoms with Crippen molar-refractivity contribution in [3.05, 3.63) is 70.9 Å². The number of benzene rings is 2. The molecule has 2 amide bonds. The minimum Gasteiger partial charge on any atom is -0.480 e. The number of amides is 2. The SMILES string of the molecule is O=C(CCNC(=O)c1ccc(Cl)cc1)N[C@H](Cc1c[nH]c2ccccc12)C(=O)O. The van der Waals surface area contributed by atoms with Gasteiger partial charge >= 0.3 is 5.97 Å². The monoisotopic (exact) mass is 413 g/mol. The largest absolute Gasteiger partial charge is 0.480 e. The molecule has 3 aromatic rings. The molecule has 8 heteroatoms. The van der Waals surface area contributed by atoms with Crippen molar-refractivity contribution in [1.29, 1.82) is 0 Å². The standard InChI is InChI=1S/C21H20ClN3O4/c22-15-7-5-13(6-8-15)20(27)23-10-9-19(26)25-18(21(28)29)11-14-12-24-17-4-2-1-3-16(14)17/h1-8,12,18,24H,9-11H2,(H,23,27)(H,25,26)(H,28,29)/t18-/m1/s1. The molecule has 1 aromatic heterocycles. The lowest BCUT2D eigenvalue weighted by Gasteiger charge is -2.14. The summed E-state index contributed by atoms with van der Waals surface area (Å²) in [6.07, 6.45) is 1.87. The molecule has 29 heavy (non-hydrogen) atoms. The maximum Gasteiger partial charge on any atom is 0.326 e. The predicted molar refractivity (Wildman–Crippen MR) is 110 cm³/mol. The third kappa shape index (κ3) is 5.36. The Morgan fingerprint density at radius 1 is 1.07 bits per heavy atom. The highest BCUT2D eigenvalue weighted by atomic mass is 35.5. The molecule has 0 unspecified atom stereocenters. The minimum absolute atomic E-state index is 0.0308. The highest BCUT2D eigenvalue weighted by molar-refractivity contribution is 6.30. The number of nitrogens with one attached hydrogen (secondary N) is 3. The second kappa shape index (κ2) is 9.25. The number of rotatable bonds is 8. The molecular weight excluding hydrogens is 394 g/mol. The van der Waals surface area contributed by atoms with E-state index >= 15 is 0 Å². The molecule has 1 heterocycles. The molecule has 1 atom stereocenters. The molecule has 0 aliphatic rings. The van der Waals surface area contributed by atoms with Crippen LogP contribution in [0.3, 0.4) is 0 Å². The van der Waals surface area contributed by atoms with Crippen molar-refractivity contribution in [2.45, 2.75) is 18.9 Å². The molecule has 0 saturated carbocycles. The summed E-state index contributed by atoms with van der Waals surface area (Å²) < 4.78 is 0. The van der Waals surface area contributed by atoms with Crippen LogP contribution in [-0.4, -0.2) is 40.5 Å². The molecule has 0 fully saturated rings. The van der Waals surface area contributed by atoms with Gasteiger partial charge in [0.05, 0.1) is 0 Å². The normalized spacial score (nSPS) is 11.8. The molecule has 150 valence electrons. The molecule has 7 nitrogen and oxygen atoms in total. The second-order valence-electron chi connectivity index (χ2n) is 6.53. The van der Waals surface area contributed by atoms with Gasteiger partial charge in [0.2, 0.25) is 5.91 Å². The van der Waals surface area contributed by atoms with Crippen molar-refractivity contribution < 1.29 is 19.5 Å². The summed E-state index contributed by atoms with van der Waals surface area (Å²) in [5.74, 6) is -1.90. The number of halogens is 1. The first-order chi connectivity index (χ1) is 13.9. The molecule has 0 saturated heterocycles. The van der Waals surface area contributed by atoms with Crippen molar-refractivity contribution in [1.82, 2.24) is 15.6 Å². The minimum atomic E-state index is -1.12. The summed E-state index contributed by atoms with van der Waals surface area (Å²) in [7, 11) is 0. The van der Waals surface area contributed by atoms with E-state index in [0.717, 1.165) is 16.5 Å². The number of aromatic nitrogens is 1. The van der Waals surface area contributed by atoms with Crippen LogP contribution in [0.4, 0.5) is 0 Å². The first kappa shape index (κ1) is 20.4. The van der Waals surface area contributed by atoms with E-state index in [0.29, 0.717) is 10.6 Å². The Hall–Kier alpha value is -3.32. The summed E-state index contributed by atoms with van der Waals surface area (Å²) in [4.78, 5) is 38.9. The van der Waals surface area contributed by atoms with Crippen LogP contribution in [0.15, 0.2) is 54.7 Å². The van der Waals surface area contributed by atoms with Crippen molar-refractivity contribution in [3.8, 4) is 0 Å². The van der Waals surface area contributed by atoms with Gasteiger partial charge in [-0.3, -0.25) is 9.59 Å². The fourth-order valence-corrected chi connectivity index (χ4v) is 3.11. The van der Waals surface area contributed by atoms with Crippen LogP contribution in [0.25, 0.3) is 10.9 Å². The fraction of sp³-hybridized carbons (Fsp3) is 0.190. The molecule has 0 bridgehead atoms. The number of H-pyrrole nitrogens is 1. The van der Waals surface area contributed by atoms with Crippen LogP contribution >= 0.6 is 11.6 Å². The molecule has 0 radical (unpaired) electrons. The van der Waals surface area contributed by atoms with Gasteiger partial charge in [-0.25, -0.2) is 4.79 Å². The van der Waals surface area contributed by atoms with Crippen molar-refractivity contribution in [3.63, 3.8) is 0 Å². The zero-order valence-electron chi connectivity index (χ0n) is 15.4. The summed E-state index contributed by atoms with van der Waals surface area (Å²) in [5, 5.41) is 16.1. The molecule has 4 N–H and O–H groups in total. The van der Waals surface area contributed by atoms with Crippen LogP contribution in [0.5, 0.6) is 0 Å². The van der Waals surface area contributed by atoms with Crippen LogP contribution in [0.1, 0.15) is 22.3 Å². The molecular formula is C21H20ClN3O4. The van der Waals surface area contributed by atoms with Crippen LogP contribution in [0.2, 0.25) is 5.02 Å². The van der Waals surface area contributed by atoms with Crippen molar-refractivity contribution in [2.75, 3.05) is 6.54 Å². The highest BCUT2D eigenvalue weighted by Crippen LogP contribution is 2.19. The first-order valence-electron chi connectivity index (χ1n) is 9.05. The Kier molecular flexibility index (Phi) is 6.51. The van der Waals surface area contributed by atoms with Crippen molar-refractivity contribution >= 4 is 40.3 Å². The average Bonchev–Trinajstić information content (AvgIpc) is 3.11.